The molecule has 2 aliphatic rings. The highest BCUT2D eigenvalue weighted by Gasteiger charge is 2.34. The van der Waals surface area contributed by atoms with Gasteiger partial charge in [0.15, 0.2) is 5.65 Å². The predicted octanol–water partition coefficient (Wildman–Crippen LogP) is 1.22. The number of pyridine rings is 2. The van der Waals surface area contributed by atoms with Gasteiger partial charge in [0.25, 0.3) is 0 Å². The van der Waals surface area contributed by atoms with Gasteiger partial charge in [-0.2, -0.15) is 4.37 Å². The molecule has 11 nitrogen and oxygen atoms in total. The fraction of sp³-hybridized carbons (Fsp3) is 0.455. The number of anilines is 1. The predicted molar refractivity (Wildman–Crippen MR) is 125 cm³/mol. The monoisotopic (exact) mass is 484 g/mol. The number of amides is 1. The Kier molecular flexibility index (Phi) is 6.00. The maximum atomic E-state index is 12.9. The molecule has 1 atom stereocenters. The van der Waals surface area contributed by atoms with Crippen LogP contribution in [0, 0.1) is 18.8 Å². The van der Waals surface area contributed by atoms with Crippen molar-refractivity contribution in [3.05, 3.63) is 39.9 Å². The number of ether oxygens (including phenoxy) is 1. The molecule has 5 rings (SSSR count). The van der Waals surface area contributed by atoms with Gasteiger partial charge in [0.1, 0.15) is 17.7 Å². The zero-order chi connectivity index (χ0) is 23.8. The van der Waals surface area contributed by atoms with Crippen LogP contribution >= 0.6 is 11.5 Å². The Bertz CT molecular complexity index is 1300. The summed E-state index contributed by atoms with van der Waals surface area (Å²) in [6, 6.07) is 1.76. The molecule has 3 aromatic heterocycles. The Hall–Kier alpha value is -3.38. The molecule has 178 valence electrons. The molecule has 34 heavy (non-hydrogen) atoms. The molecular formula is C22H24N6O5S. The number of hydrogen-bond acceptors (Lipinski definition) is 9. The molecule has 0 spiro atoms. The molecule has 12 heteroatoms. The van der Waals surface area contributed by atoms with Gasteiger partial charge in [0, 0.05) is 44.0 Å². The van der Waals surface area contributed by atoms with E-state index in [0.717, 1.165) is 31.0 Å². The lowest BCUT2D eigenvalue weighted by molar-refractivity contribution is -0.126. The van der Waals surface area contributed by atoms with Gasteiger partial charge < -0.3 is 20.1 Å². The van der Waals surface area contributed by atoms with Crippen LogP contribution < -0.4 is 15.6 Å². The zero-order valence-electron chi connectivity index (χ0n) is 18.6. The van der Waals surface area contributed by atoms with Crippen molar-refractivity contribution < 1.29 is 19.4 Å². The summed E-state index contributed by atoms with van der Waals surface area (Å²) in [6.45, 7) is 4.90. The number of aromatic carboxylic acids is 1. The lowest BCUT2D eigenvalue weighted by Gasteiger charge is -2.39. The number of carboxylic acids is 1. The van der Waals surface area contributed by atoms with Crippen molar-refractivity contribution in [3.8, 4) is 5.13 Å². The number of carboxylic acid groups (broad SMARTS) is 1. The van der Waals surface area contributed by atoms with Crippen molar-refractivity contribution in [1.29, 1.82) is 0 Å². The van der Waals surface area contributed by atoms with Crippen LogP contribution in [-0.4, -0.2) is 68.7 Å². The third kappa shape index (κ3) is 4.14. The lowest BCUT2D eigenvalue weighted by atomic mass is 9.97. The average Bonchev–Trinajstić information content (AvgIpc) is 3.32. The standard InChI is InChI=1S/C22H24N6O5S/c1-12-5-16(27-7-14(8-27)20(30)23-6-13-3-2-4-33-10-13)26-19-17(12)18(29)15(21(31)32)9-28(19)22-24-11-25-34-22/h5,9,11,13-14H,2-4,6-8,10H2,1H3,(H,23,30)(H,31,32). The number of aromatic nitrogens is 4. The first-order valence-electron chi connectivity index (χ1n) is 11.1. The summed E-state index contributed by atoms with van der Waals surface area (Å²) >= 11 is 1.07. The Morgan fingerprint density at radius 3 is 2.85 bits per heavy atom. The van der Waals surface area contributed by atoms with E-state index in [9.17, 15) is 19.5 Å². The van der Waals surface area contributed by atoms with Gasteiger partial charge in [-0.1, -0.05) is 0 Å². The van der Waals surface area contributed by atoms with Crippen molar-refractivity contribution in [2.24, 2.45) is 11.8 Å². The summed E-state index contributed by atoms with van der Waals surface area (Å²) in [5.41, 5.74) is -0.0275. The highest BCUT2D eigenvalue weighted by atomic mass is 32.1. The topological polar surface area (TPSA) is 140 Å². The highest BCUT2D eigenvalue weighted by Crippen LogP contribution is 2.28. The van der Waals surface area contributed by atoms with E-state index in [2.05, 4.69) is 19.7 Å². The second kappa shape index (κ2) is 9.11. The quantitative estimate of drug-likeness (QED) is 0.528. The Labute approximate surface area is 198 Å². The summed E-state index contributed by atoms with van der Waals surface area (Å²) in [4.78, 5) is 47.9. The molecule has 0 aliphatic carbocycles. The fourth-order valence-electron chi connectivity index (χ4n) is 4.40. The van der Waals surface area contributed by atoms with Crippen LogP contribution in [0.4, 0.5) is 5.82 Å². The third-order valence-electron chi connectivity index (χ3n) is 6.32. The van der Waals surface area contributed by atoms with Crippen LogP contribution in [0.2, 0.25) is 0 Å². The fourth-order valence-corrected chi connectivity index (χ4v) is 4.91. The van der Waals surface area contributed by atoms with Gasteiger partial charge in [-0.05, 0) is 37.3 Å². The van der Waals surface area contributed by atoms with Crippen LogP contribution in [0.1, 0.15) is 28.8 Å². The van der Waals surface area contributed by atoms with Crippen molar-refractivity contribution in [2.45, 2.75) is 19.8 Å². The van der Waals surface area contributed by atoms with Crippen molar-refractivity contribution >= 4 is 40.3 Å². The molecule has 2 N–H and O–H groups in total. The Balaban J connectivity index is 1.38. The molecule has 0 saturated carbocycles. The van der Waals surface area contributed by atoms with Crippen LogP contribution in [0.5, 0.6) is 0 Å². The second-order valence-corrected chi connectivity index (χ2v) is 9.46. The van der Waals surface area contributed by atoms with Crippen molar-refractivity contribution in [3.63, 3.8) is 0 Å². The molecule has 1 unspecified atom stereocenters. The normalized spacial score (nSPS) is 18.6. The average molecular weight is 485 g/mol. The molecule has 5 heterocycles. The van der Waals surface area contributed by atoms with Crippen LogP contribution in [0.25, 0.3) is 16.2 Å². The van der Waals surface area contributed by atoms with Gasteiger partial charge >= 0.3 is 5.97 Å². The summed E-state index contributed by atoms with van der Waals surface area (Å²) in [6.07, 6.45) is 4.70. The molecular weight excluding hydrogens is 460 g/mol. The molecule has 0 radical (unpaired) electrons. The summed E-state index contributed by atoms with van der Waals surface area (Å²) in [5, 5.41) is 13.2. The van der Waals surface area contributed by atoms with E-state index in [0.29, 0.717) is 54.3 Å². The molecule has 2 aliphatic heterocycles. The maximum Gasteiger partial charge on any atom is 0.341 e. The zero-order valence-corrected chi connectivity index (χ0v) is 19.4. The van der Waals surface area contributed by atoms with Gasteiger partial charge in [-0.3, -0.25) is 14.2 Å². The lowest BCUT2D eigenvalue weighted by Crippen LogP contribution is -2.54. The number of fused-ring (bicyclic) bond motifs is 1. The first-order valence-corrected chi connectivity index (χ1v) is 11.9. The van der Waals surface area contributed by atoms with Gasteiger partial charge in [-0.15, -0.1) is 0 Å². The van der Waals surface area contributed by atoms with Crippen LogP contribution in [0.3, 0.4) is 0 Å². The number of carbonyl (C=O) groups is 2. The molecule has 1 amide bonds. The second-order valence-electron chi connectivity index (χ2n) is 8.70. The van der Waals surface area contributed by atoms with Crippen LogP contribution in [-0.2, 0) is 9.53 Å². The minimum atomic E-state index is -1.31. The Morgan fingerprint density at radius 2 is 2.18 bits per heavy atom. The molecule has 0 bridgehead atoms. The first kappa shape index (κ1) is 22.4. The largest absolute Gasteiger partial charge is 0.477 e. The van der Waals surface area contributed by atoms with Crippen molar-refractivity contribution in [2.75, 3.05) is 37.7 Å². The Morgan fingerprint density at radius 1 is 1.35 bits per heavy atom. The summed E-state index contributed by atoms with van der Waals surface area (Å²) < 4.78 is 10.9. The summed E-state index contributed by atoms with van der Waals surface area (Å²) in [7, 11) is 0. The highest BCUT2D eigenvalue weighted by molar-refractivity contribution is 7.08. The number of rotatable bonds is 6. The van der Waals surface area contributed by atoms with E-state index < -0.39 is 11.4 Å². The number of nitrogens with zero attached hydrogens (tertiary/aromatic N) is 5. The van der Waals surface area contributed by atoms with E-state index in [-0.39, 0.29) is 22.8 Å². The minimum absolute atomic E-state index is 0.0243. The minimum Gasteiger partial charge on any atom is -0.477 e. The van der Waals surface area contributed by atoms with Crippen LogP contribution in [0.15, 0.2) is 23.4 Å². The molecule has 3 aromatic rings. The van der Waals surface area contributed by atoms with E-state index in [1.165, 1.54) is 17.1 Å². The first-order chi connectivity index (χ1) is 16.4. The molecule has 2 saturated heterocycles. The smallest absolute Gasteiger partial charge is 0.341 e. The van der Waals surface area contributed by atoms with E-state index in [1.807, 2.05) is 4.90 Å². The van der Waals surface area contributed by atoms with Crippen molar-refractivity contribution in [1.82, 2.24) is 24.2 Å². The van der Waals surface area contributed by atoms with Gasteiger partial charge in [0.05, 0.1) is 17.9 Å². The third-order valence-corrected chi connectivity index (χ3v) is 6.99. The SMILES string of the molecule is Cc1cc(N2CC(C(=O)NCC3CCCOC3)C2)nc2c1c(=O)c(C(=O)O)cn2-c1ncns1. The van der Waals surface area contributed by atoms with Gasteiger partial charge in [-0.25, -0.2) is 14.8 Å². The number of hydrogen-bond donors (Lipinski definition) is 2. The van der Waals surface area contributed by atoms with E-state index >= 15 is 0 Å². The van der Waals surface area contributed by atoms with E-state index in [4.69, 9.17) is 4.74 Å². The summed E-state index contributed by atoms with van der Waals surface area (Å²) in [5.74, 6) is -0.440. The van der Waals surface area contributed by atoms with Gasteiger partial charge in [0.2, 0.25) is 16.5 Å². The number of aryl methyl sites for hydroxylation is 1. The van der Waals surface area contributed by atoms with E-state index in [1.54, 1.807) is 13.0 Å². The molecule has 0 aromatic carbocycles. The maximum absolute atomic E-state index is 12.9. The number of carbonyl (C=O) groups excluding carboxylic acids is 1. The number of nitrogens with one attached hydrogen (secondary N) is 1. The molecule has 2 fully saturated rings.